The number of hydrogen-bond donors (Lipinski definition) is 2. The van der Waals surface area contributed by atoms with Crippen LogP contribution in [0.2, 0.25) is 0 Å². The van der Waals surface area contributed by atoms with Crippen LogP contribution < -0.4 is 15.4 Å². The molecule has 0 saturated heterocycles. The van der Waals surface area contributed by atoms with Crippen LogP contribution in [0.3, 0.4) is 0 Å². The van der Waals surface area contributed by atoms with Gasteiger partial charge in [-0.3, -0.25) is 9.59 Å². The fourth-order valence-electron chi connectivity index (χ4n) is 1.59. The minimum absolute atomic E-state index is 0.483. The van der Waals surface area contributed by atoms with Crippen molar-refractivity contribution in [3.05, 3.63) is 24.3 Å². The maximum Gasteiger partial charge on any atom is 0.313 e. The highest BCUT2D eigenvalue weighted by molar-refractivity contribution is 6.39. The number of benzene rings is 1. The van der Waals surface area contributed by atoms with Crippen molar-refractivity contribution in [2.24, 2.45) is 5.92 Å². The number of carbonyl (C=O) groups is 2. The molecule has 5 heteroatoms. The SMILES string of the molecule is CCOc1ccccc1NC(=O)C(=O)NCCC(C)C. The first-order chi connectivity index (χ1) is 9.54. The first-order valence-corrected chi connectivity index (χ1v) is 6.85. The molecule has 1 aromatic rings. The lowest BCUT2D eigenvalue weighted by atomic mass is 10.1. The van der Waals surface area contributed by atoms with Gasteiger partial charge in [-0.15, -0.1) is 0 Å². The number of hydrogen-bond acceptors (Lipinski definition) is 3. The molecule has 0 spiro atoms. The molecule has 1 aromatic carbocycles. The number of rotatable bonds is 6. The molecule has 0 unspecified atom stereocenters. The molecular formula is C15H22N2O3. The molecule has 110 valence electrons. The molecule has 20 heavy (non-hydrogen) atoms. The van der Waals surface area contributed by atoms with Crippen LogP contribution in [0.25, 0.3) is 0 Å². The Hall–Kier alpha value is -2.04. The van der Waals surface area contributed by atoms with Crippen molar-refractivity contribution in [1.82, 2.24) is 5.32 Å². The summed E-state index contributed by atoms with van der Waals surface area (Å²) < 4.78 is 5.38. The normalized spacial score (nSPS) is 10.2. The summed E-state index contributed by atoms with van der Waals surface area (Å²) in [5.74, 6) is -0.270. The van der Waals surface area contributed by atoms with E-state index in [1.807, 2.05) is 13.0 Å². The quantitative estimate of drug-likeness (QED) is 0.784. The predicted molar refractivity (Wildman–Crippen MR) is 78.7 cm³/mol. The maximum absolute atomic E-state index is 11.8. The fraction of sp³-hybridized carbons (Fsp3) is 0.467. The molecule has 0 aliphatic carbocycles. The van der Waals surface area contributed by atoms with Crippen LogP contribution in [0, 0.1) is 5.92 Å². The van der Waals surface area contributed by atoms with Gasteiger partial charge in [-0.05, 0) is 31.4 Å². The van der Waals surface area contributed by atoms with E-state index in [9.17, 15) is 9.59 Å². The Morgan fingerprint density at radius 2 is 1.90 bits per heavy atom. The largest absolute Gasteiger partial charge is 0.492 e. The van der Waals surface area contributed by atoms with Gasteiger partial charge in [-0.2, -0.15) is 0 Å². The lowest BCUT2D eigenvalue weighted by Crippen LogP contribution is -2.36. The van der Waals surface area contributed by atoms with Crippen molar-refractivity contribution < 1.29 is 14.3 Å². The van der Waals surface area contributed by atoms with E-state index in [4.69, 9.17) is 4.74 Å². The lowest BCUT2D eigenvalue weighted by Gasteiger charge is -2.11. The van der Waals surface area contributed by atoms with Gasteiger partial charge in [0, 0.05) is 6.54 Å². The van der Waals surface area contributed by atoms with E-state index >= 15 is 0 Å². The second kappa shape index (κ2) is 8.19. The van der Waals surface area contributed by atoms with Crippen LogP contribution in [0.5, 0.6) is 5.75 Å². The van der Waals surface area contributed by atoms with Crippen LogP contribution in [0.15, 0.2) is 24.3 Å². The summed E-state index contributed by atoms with van der Waals surface area (Å²) in [7, 11) is 0. The fourth-order valence-corrected chi connectivity index (χ4v) is 1.59. The van der Waals surface area contributed by atoms with Crippen LogP contribution in [-0.4, -0.2) is 25.0 Å². The molecule has 0 saturated carbocycles. The van der Waals surface area contributed by atoms with Gasteiger partial charge >= 0.3 is 11.8 Å². The number of anilines is 1. The first kappa shape index (κ1) is 16.0. The second-order valence-corrected chi connectivity index (χ2v) is 4.82. The standard InChI is InChI=1S/C15H22N2O3/c1-4-20-13-8-6-5-7-12(13)17-15(19)14(18)16-10-9-11(2)3/h5-8,11H,4,9-10H2,1-3H3,(H,16,18)(H,17,19). The third-order valence-electron chi connectivity index (χ3n) is 2.65. The van der Waals surface area contributed by atoms with Gasteiger partial charge in [-0.25, -0.2) is 0 Å². The van der Waals surface area contributed by atoms with Gasteiger partial charge in [0.05, 0.1) is 12.3 Å². The number of para-hydroxylation sites is 2. The van der Waals surface area contributed by atoms with Gasteiger partial charge in [-0.1, -0.05) is 26.0 Å². The Bertz CT molecular complexity index is 458. The van der Waals surface area contributed by atoms with Gasteiger partial charge in [0.2, 0.25) is 0 Å². The zero-order valence-electron chi connectivity index (χ0n) is 12.2. The number of ether oxygens (including phenoxy) is 1. The van der Waals surface area contributed by atoms with E-state index in [1.54, 1.807) is 18.2 Å². The highest BCUT2D eigenvalue weighted by Gasteiger charge is 2.15. The molecule has 5 nitrogen and oxygen atoms in total. The van der Waals surface area contributed by atoms with Crippen molar-refractivity contribution in [3.63, 3.8) is 0 Å². The summed E-state index contributed by atoms with van der Waals surface area (Å²) in [6.45, 7) is 6.97. The predicted octanol–water partition coefficient (Wildman–Crippen LogP) is 2.19. The average Bonchev–Trinajstić information content (AvgIpc) is 2.40. The van der Waals surface area contributed by atoms with Crippen LogP contribution >= 0.6 is 0 Å². The first-order valence-electron chi connectivity index (χ1n) is 6.85. The molecule has 0 aliphatic rings. The second-order valence-electron chi connectivity index (χ2n) is 4.82. The van der Waals surface area contributed by atoms with E-state index in [2.05, 4.69) is 24.5 Å². The number of carbonyl (C=O) groups excluding carboxylic acids is 2. The zero-order valence-corrected chi connectivity index (χ0v) is 12.2. The van der Waals surface area contributed by atoms with E-state index < -0.39 is 11.8 Å². The Labute approximate surface area is 119 Å². The Kier molecular flexibility index (Phi) is 6.56. The van der Waals surface area contributed by atoms with Gasteiger partial charge in [0.25, 0.3) is 0 Å². The highest BCUT2D eigenvalue weighted by Crippen LogP contribution is 2.23. The summed E-state index contributed by atoms with van der Waals surface area (Å²) in [4.78, 5) is 23.4. The van der Waals surface area contributed by atoms with E-state index in [0.29, 0.717) is 30.5 Å². The highest BCUT2D eigenvalue weighted by atomic mass is 16.5. The molecular weight excluding hydrogens is 256 g/mol. The van der Waals surface area contributed by atoms with Crippen LogP contribution in [0.1, 0.15) is 27.2 Å². The minimum atomic E-state index is -0.680. The van der Waals surface area contributed by atoms with Crippen molar-refractivity contribution in [1.29, 1.82) is 0 Å². The Balaban J connectivity index is 2.55. The van der Waals surface area contributed by atoms with Gasteiger partial charge in [0.15, 0.2) is 0 Å². The zero-order chi connectivity index (χ0) is 15.0. The van der Waals surface area contributed by atoms with Crippen molar-refractivity contribution in [2.45, 2.75) is 27.2 Å². The van der Waals surface area contributed by atoms with Gasteiger partial charge in [0.1, 0.15) is 5.75 Å². The third kappa shape index (κ3) is 5.30. The summed E-state index contributed by atoms with van der Waals surface area (Å²) in [5, 5.41) is 5.15. The molecule has 0 radical (unpaired) electrons. The molecule has 0 aliphatic heterocycles. The molecule has 0 bridgehead atoms. The maximum atomic E-state index is 11.8. The summed E-state index contributed by atoms with van der Waals surface area (Å²) in [6.07, 6.45) is 0.842. The molecule has 0 atom stereocenters. The topological polar surface area (TPSA) is 67.4 Å². The molecule has 0 fully saturated rings. The monoisotopic (exact) mass is 278 g/mol. The smallest absolute Gasteiger partial charge is 0.313 e. The molecule has 0 aromatic heterocycles. The van der Waals surface area contributed by atoms with E-state index in [1.165, 1.54) is 0 Å². The Morgan fingerprint density at radius 3 is 2.55 bits per heavy atom. The van der Waals surface area contributed by atoms with Crippen LogP contribution in [-0.2, 0) is 9.59 Å². The molecule has 0 heterocycles. The van der Waals surface area contributed by atoms with E-state index in [0.717, 1.165) is 6.42 Å². The summed E-state index contributed by atoms with van der Waals surface area (Å²) in [5.41, 5.74) is 0.498. The lowest BCUT2D eigenvalue weighted by molar-refractivity contribution is -0.136. The number of nitrogens with one attached hydrogen (secondary N) is 2. The molecule has 2 N–H and O–H groups in total. The third-order valence-corrected chi connectivity index (χ3v) is 2.65. The van der Waals surface area contributed by atoms with E-state index in [-0.39, 0.29) is 0 Å². The average molecular weight is 278 g/mol. The van der Waals surface area contributed by atoms with Gasteiger partial charge < -0.3 is 15.4 Å². The number of amides is 2. The summed E-state index contributed by atoms with van der Waals surface area (Å²) >= 11 is 0. The van der Waals surface area contributed by atoms with Crippen molar-refractivity contribution in [3.8, 4) is 5.75 Å². The summed E-state index contributed by atoms with van der Waals surface area (Å²) in [6, 6.07) is 7.03. The molecule has 1 rings (SSSR count). The van der Waals surface area contributed by atoms with Crippen LogP contribution in [0.4, 0.5) is 5.69 Å². The van der Waals surface area contributed by atoms with Crippen molar-refractivity contribution >= 4 is 17.5 Å². The minimum Gasteiger partial charge on any atom is -0.492 e. The Morgan fingerprint density at radius 1 is 1.20 bits per heavy atom. The van der Waals surface area contributed by atoms with Crippen molar-refractivity contribution in [2.75, 3.05) is 18.5 Å². The molecule has 2 amide bonds.